The first-order valence-corrected chi connectivity index (χ1v) is 5.86. The van der Waals surface area contributed by atoms with Crippen molar-refractivity contribution < 1.29 is 4.79 Å². The molecule has 4 heteroatoms. The van der Waals surface area contributed by atoms with Gasteiger partial charge >= 0.3 is 0 Å². The van der Waals surface area contributed by atoms with Crippen LogP contribution in [0.25, 0.3) is 0 Å². The average Bonchev–Trinajstić information content (AvgIpc) is 2.39. The first kappa shape index (κ1) is 11.8. The molecule has 1 aromatic rings. The number of hydrogen-bond donors (Lipinski definition) is 1. The Balaban J connectivity index is 2.10. The Morgan fingerprint density at radius 1 is 1.47 bits per heavy atom. The lowest BCUT2D eigenvalue weighted by molar-refractivity contribution is 0.0796. The van der Waals surface area contributed by atoms with E-state index < -0.39 is 0 Å². The van der Waals surface area contributed by atoms with Gasteiger partial charge in [-0.05, 0) is 37.3 Å². The smallest absolute Gasteiger partial charge is 0.267 e. The lowest BCUT2D eigenvalue weighted by atomic mass is 9.94. The molecule has 1 aromatic heterocycles. The molecular weight excluding hydrogens is 214 g/mol. The summed E-state index contributed by atoms with van der Waals surface area (Å²) in [6.45, 7) is 2.21. The van der Waals surface area contributed by atoms with Crippen LogP contribution in [0.15, 0.2) is 36.3 Å². The molecule has 1 unspecified atom stereocenters. The van der Waals surface area contributed by atoms with Gasteiger partial charge in [-0.3, -0.25) is 9.78 Å². The molecule has 2 rings (SSSR count). The number of amides is 1. The zero-order chi connectivity index (χ0) is 12.3. The van der Waals surface area contributed by atoms with Crippen molar-refractivity contribution in [3.05, 3.63) is 41.9 Å². The number of nitrogens with zero attached hydrogens (tertiary/aromatic N) is 2. The summed E-state index contributed by atoms with van der Waals surface area (Å²) in [5, 5.41) is 1.27. The first-order chi connectivity index (χ1) is 8.18. The lowest BCUT2D eigenvalue weighted by Gasteiger charge is -2.25. The van der Waals surface area contributed by atoms with E-state index in [0.29, 0.717) is 11.5 Å². The molecule has 1 aliphatic rings. The standard InChI is InChI=1S/C13H17N3O/c1-10-2-4-12(5-3-10)16(14)13(17)11-6-8-15-9-7-11/h4,6-10H,2-3,5,14H2,1H3. The highest BCUT2D eigenvalue weighted by Gasteiger charge is 2.19. The Bertz CT molecular complexity index is 428. The molecule has 0 fully saturated rings. The number of hydrazine groups is 1. The van der Waals surface area contributed by atoms with Crippen LogP contribution in [0, 0.1) is 5.92 Å². The predicted octanol–water partition coefficient (Wildman–Crippen LogP) is 2.10. The van der Waals surface area contributed by atoms with Gasteiger partial charge in [0.05, 0.1) is 0 Å². The Morgan fingerprint density at radius 2 is 2.18 bits per heavy atom. The predicted molar refractivity (Wildman–Crippen MR) is 65.7 cm³/mol. The van der Waals surface area contributed by atoms with Crippen LogP contribution in [0.2, 0.25) is 0 Å². The molecule has 0 aromatic carbocycles. The van der Waals surface area contributed by atoms with Crippen molar-refractivity contribution in [2.24, 2.45) is 11.8 Å². The topological polar surface area (TPSA) is 59.2 Å². The van der Waals surface area contributed by atoms with Crippen molar-refractivity contribution in [3.8, 4) is 0 Å². The third kappa shape index (κ3) is 2.71. The van der Waals surface area contributed by atoms with Crippen molar-refractivity contribution in [3.63, 3.8) is 0 Å². The van der Waals surface area contributed by atoms with E-state index in [4.69, 9.17) is 5.84 Å². The largest absolute Gasteiger partial charge is 0.272 e. The van der Waals surface area contributed by atoms with E-state index in [1.165, 1.54) is 5.01 Å². The summed E-state index contributed by atoms with van der Waals surface area (Å²) in [6.07, 6.45) is 8.20. The van der Waals surface area contributed by atoms with Crippen LogP contribution in [-0.4, -0.2) is 15.9 Å². The number of carbonyl (C=O) groups is 1. The van der Waals surface area contributed by atoms with E-state index in [2.05, 4.69) is 18.0 Å². The zero-order valence-electron chi connectivity index (χ0n) is 9.97. The number of allylic oxidation sites excluding steroid dienone is 2. The zero-order valence-corrected chi connectivity index (χ0v) is 9.97. The number of aromatic nitrogens is 1. The number of pyridine rings is 1. The van der Waals surface area contributed by atoms with E-state index in [1.54, 1.807) is 24.5 Å². The Morgan fingerprint density at radius 3 is 2.76 bits per heavy atom. The molecule has 0 aliphatic heterocycles. The molecule has 1 heterocycles. The highest BCUT2D eigenvalue weighted by atomic mass is 16.2. The Kier molecular flexibility index (Phi) is 3.54. The van der Waals surface area contributed by atoms with E-state index in [1.807, 2.05) is 0 Å². The fraction of sp³-hybridized carbons (Fsp3) is 0.385. The highest BCUT2D eigenvalue weighted by molar-refractivity contribution is 5.94. The van der Waals surface area contributed by atoms with Gasteiger partial charge in [-0.25, -0.2) is 10.9 Å². The molecule has 4 nitrogen and oxygen atoms in total. The monoisotopic (exact) mass is 231 g/mol. The van der Waals surface area contributed by atoms with Crippen LogP contribution >= 0.6 is 0 Å². The van der Waals surface area contributed by atoms with Gasteiger partial charge in [0.25, 0.3) is 5.91 Å². The van der Waals surface area contributed by atoms with Gasteiger partial charge in [-0.2, -0.15) is 0 Å². The summed E-state index contributed by atoms with van der Waals surface area (Å²) in [5.41, 5.74) is 1.49. The molecule has 0 bridgehead atoms. The minimum atomic E-state index is -0.173. The van der Waals surface area contributed by atoms with Gasteiger partial charge in [0.15, 0.2) is 0 Å². The molecular formula is C13H17N3O. The van der Waals surface area contributed by atoms with Crippen molar-refractivity contribution in [1.82, 2.24) is 9.99 Å². The summed E-state index contributed by atoms with van der Waals surface area (Å²) in [6, 6.07) is 3.35. The van der Waals surface area contributed by atoms with Crippen molar-refractivity contribution in [2.45, 2.75) is 26.2 Å². The van der Waals surface area contributed by atoms with Gasteiger partial charge in [0.2, 0.25) is 0 Å². The normalized spacial score (nSPS) is 19.6. The van der Waals surface area contributed by atoms with E-state index in [-0.39, 0.29) is 5.91 Å². The first-order valence-electron chi connectivity index (χ1n) is 5.86. The molecule has 90 valence electrons. The summed E-state index contributed by atoms with van der Waals surface area (Å²) in [4.78, 5) is 15.9. The third-order valence-corrected chi connectivity index (χ3v) is 3.10. The summed E-state index contributed by atoms with van der Waals surface area (Å²) < 4.78 is 0. The number of rotatable bonds is 2. The minimum Gasteiger partial charge on any atom is -0.267 e. The molecule has 0 saturated carbocycles. The SMILES string of the molecule is CC1CC=C(N(N)C(=O)c2ccncc2)CC1. The Labute approximate surface area is 101 Å². The van der Waals surface area contributed by atoms with E-state index >= 15 is 0 Å². The van der Waals surface area contributed by atoms with Crippen molar-refractivity contribution >= 4 is 5.91 Å². The second kappa shape index (κ2) is 5.10. The second-order valence-corrected chi connectivity index (χ2v) is 4.49. The maximum atomic E-state index is 12.1. The van der Waals surface area contributed by atoms with Crippen molar-refractivity contribution in [2.75, 3.05) is 0 Å². The number of carbonyl (C=O) groups excluding carboxylic acids is 1. The Hall–Kier alpha value is -1.68. The summed E-state index contributed by atoms with van der Waals surface area (Å²) >= 11 is 0. The number of hydrogen-bond acceptors (Lipinski definition) is 3. The lowest BCUT2D eigenvalue weighted by Crippen LogP contribution is -2.37. The van der Waals surface area contributed by atoms with E-state index in [9.17, 15) is 4.79 Å². The van der Waals surface area contributed by atoms with Crippen LogP contribution < -0.4 is 5.84 Å². The summed E-state index contributed by atoms with van der Waals surface area (Å²) in [5.74, 6) is 6.38. The molecule has 17 heavy (non-hydrogen) atoms. The fourth-order valence-corrected chi connectivity index (χ4v) is 1.93. The highest BCUT2D eigenvalue weighted by Crippen LogP contribution is 2.24. The van der Waals surface area contributed by atoms with E-state index in [0.717, 1.165) is 25.0 Å². The maximum absolute atomic E-state index is 12.1. The molecule has 1 aliphatic carbocycles. The van der Waals surface area contributed by atoms with Crippen LogP contribution in [-0.2, 0) is 0 Å². The third-order valence-electron chi connectivity index (χ3n) is 3.10. The molecule has 1 amide bonds. The van der Waals surface area contributed by atoms with Gasteiger partial charge in [-0.15, -0.1) is 0 Å². The molecule has 0 spiro atoms. The number of nitrogens with two attached hydrogens (primary N) is 1. The molecule has 0 radical (unpaired) electrons. The minimum absolute atomic E-state index is 0.173. The van der Waals surface area contributed by atoms with Crippen LogP contribution in [0.5, 0.6) is 0 Å². The van der Waals surface area contributed by atoms with Gasteiger partial charge in [0.1, 0.15) is 0 Å². The average molecular weight is 231 g/mol. The molecule has 2 N–H and O–H groups in total. The van der Waals surface area contributed by atoms with Gasteiger partial charge in [0, 0.05) is 23.7 Å². The fourth-order valence-electron chi connectivity index (χ4n) is 1.93. The van der Waals surface area contributed by atoms with Gasteiger partial charge in [-0.1, -0.05) is 13.0 Å². The second-order valence-electron chi connectivity index (χ2n) is 4.49. The van der Waals surface area contributed by atoms with Crippen molar-refractivity contribution in [1.29, 1.82) is 0 Å². The van der Waals surface area contributed by atoms with Gasteiger partial charge < -0.3 is 0 Å². The quantitative estimate of drug-likeness (QED) is 0.481. The summed E-state index contributed by atoms with van der Waals surface area (Å²) in [7, 11) is 0. The maximum Gasteiger partial charge on any atom is 0.272 e. The molecule has 0 saturated heterocycles. The molecule has 1 atom stereocenters. The van der Waals surface area contributed by atoms with Crippen LogP contribution in [0.4, 0.5) is 0 Å². The van der Waals surface area contributed by atoms with Crippen LogP contribution in [0.3, 0.4) is 0 Å². The van der Waals surface area contributed by atoms with Crippen LogP contribution in [0.1, 0.15) is 36.5 Å².